The van der Waals surface area contributed by atoms with Gasteiger partial charge in [-0.3, -0.25) is 9.97 Å². The molecule has 0 fully saturated rings. The molecule has 8 rings (SSSR count). The third-order valence-electron chi connectivity index (χ3n) is 9.38. The van der Waals surface area contributed by atoms with E-state index in [-0.39, 0.29) is 5.92 Å². The number of pyridine rings is 2. The maximum Gasteiger partial charge on any atom is 0.228 e. The first kappa shape index (κ1) is 33.8. The lowest BCUT2D eigenvalue weighted by Gasteiger charge is -2.15. The van der Waals surface area contributed by atoms with Crippen LogP contribution in [0.5, 0.6) is 0 Å². The molecule has 0 saturated heterocycles. The van der Waals surface area contributed by atoms with Crippen molar-refractivity contribution in [2.75, 3.05) is 23.1 Å². The van der Waals surface area contributed by atoms with E-state index in [1.807, 2.05) is 66.2 Å². The highest BCUT2D eigenvalue weighted by atomic mass is 32.2. The number of rotatable bonds is 12. The Morgan fingerprint density at radius 2 is 1.25 bits per heavy atom. The van der Waals surface area contributed by atoms with Gasteiger partial charge in [-0.05, 0) is 65.0 Å². The molecule has 8 aromatic rings. The molecule has 6 heterocycles. The molecular weight excluding hydrogens is 689 g/mol. The predicted molar refractivity (Wildman–Crippen MR) is 209 cm³/mol. The summed E-state index contributed by atoms with van der Waals surface area (Å²) >= 11 is 3.04. The standard InChI is InChI=1S/C38H38N12S2/c1-22(2)29-20-43-49-33(29)45-37(51-4)47-35(49)42-18-25-9-6-11-27-26(16-39-19-31(25)27)15-23(3)30-21-44-50-34(30)46-38(52-5)48-36(50)41-17-24-10-7-13-32-28(24)12-8-14-40-32/h6-14,16,19-23H,15,17-18H2,1-5H3,(H,41,46,48)(H,42,45,47). The van der Waals surface area contributed by atoms with Crippen LogP contribution in [0.25, 0.3) is 33.0 Å². The van der Waals surface area contributed by atoms with E-state index in [1.165, 1.54) is 28.9 Å². The van der Waals surface area contributed by atoms with Gasteiger partial charge in [0.1, 0.15) is 0 Å². The van der Waals surface area contributed by atoms with Gasteiger partial charge in [0.25, 0.3) is 0 Å². The summed E-state index contributed by atoms with van der Waals surface area (Å²) in [4.78, 5) is 28.4. The number of aromatic nitrogens is 10. The van der Waals surface area contributed by atoms with E-state index in [2.05, 4.69) is 71.8 Å². The van der Waals surface area contributed by atoms with Crippen LogP contribution in [0, 0.1) is 0 Å². The summed E-state index contributed by atoms with van der Waals surface area (Å²) in [5.74, 6) is 1.73. The lowest BCUT2D eigenvalue weighted by Crippen LogP contribution is -2.10. The smallest absolute Gasteiger partial charge is 0.228 e. The molecule has 0 aliphatic heterocycles. The fourth-order valence-corrected chi connectivity index (χ4v) is 7.37. The van der Waals surface area contributed by atoms with E-state index >= 15 is 0 Å². The summed E-state index contributed by atoms with van der Waals surface area (Å²) in [5.41, 5.74) is 8.18. The lowest BCUT2D eigenvalue weighted by atomic mass is 9.93. The van der Waals surface area contributed by atoms with Crippen LogP contribution in [0.2, 0.25) is 0 Å². The molecule has 1 atom stereocenters. The number of anilines is 2. The van der Waals surface area contributed by atoms with Crippen LogP contribution in [-0.4, -0.2) is 61.6 Å². The normalized spacial score (nSPS) is 12.4. The Morgan fingerprint density at radius 3 is 1.92 bits per heavy atom. The summed E-state index contributed by atoms with van der Waals surface area (Å²) in [6.45, 7) is 7.66. The Morgan fingerprint density at radius 1 is 0.635 bits per heavy atom. The van der Waals surface area contributed by atoms with Gasteiger partial charge in [0.05, 0.1) is 17.9 Å². The number of nitrogens with one attached hydrogen (secondary N) is 2. The first-order valence-corrected chi connectivity index (χ1v) is 19.6. The highest BCUT2D eigenvalue weighted by Crippen LogP contribution is 2.31. The number of thioether (sulfide) groups is 2. The predicted octanol–water partition coefficient (Wildman–Crippen LogP) is 7.80. The molecule has 6 aromatic heterocycles. The monoisotopic (exact) mass is 726 g/mol. The molecule has 14 heteroatoms. The minimum Gasteiger partial charge on any atom is -0.350 e. The first-order valence-electron chi connectivity index (χ1n) is 17.2. The average molecular weight is 727 g/mol. The van der Waals surface area contributed by atoms with Crippen molar-refractivity contribution >= 4 is 68.4 Å². The number of hydrogen-bond donors (Lipinski definition) is 2. The lowest BCUT2D eigenvalue weighted by molar-refractivity contribution is 0.761. The molecule has 0 amide bonds. The van der Waals surface area contributed by atoms with E-state index < -0.39 is 0 Å². The third kappa shape index (κ3) is 6.36. The second kappa shape index (κ2) is 14.4. The molecule has 0 aliphatic carbocycles. The SMILES string of the molecule is CSc1nc(NCc2cccc3c(CC(C)c4cnn5c(NCc6cccc7ncccc67)nc(SC)nc45)cncc23)n2ncc(C(C)C)c2n1. The van der Waals surface area contributed by atoms with Crippen molar-refractivity contribution in [3.63, 3.8) is 0 Å². The van der Waals surface area contributed by atoms with E-state index in [0.29, 0.717) is 41.2 Å². The molecule has 1 unspecified atom stereocenters. The van der Waals surface area contributed by atoms with Crippen LogP contribution in [0.15, 0.2) is 89.8 Å². The van der Waals surface area contributed by atoms with Gasteiger partial charge in [-0.15, -0.1) is 0 Å². The van der Waals surface area contributed by atoms with Crippen molar-refractivity contribution in [3.8, 4) is 0 Å². The maximum absolute atomic E-state index is 4.92. The largest absolute Gasteiger partial charge is 0.350 e. The minimum absolute atomic E-state index is 0.113. The van der Waals surface area contributed by atoms with Crippen molar-refractivity contribution in [3.05, 3.63) is 107 Å². The van der Waals surface area contributed by atoms with Crippen LogP contribution < -0.4 is 10.6 Å². The van der Waals surface area contributed by atoms with Crippen LogP contribution in [0.1, 0.15) is 60.4 Å². The second-order valence-electron chi connectivity index (χ2n) is 13.0. The van der Waals surface area contributed by atoms with E-state index in [4.69, 9.17) is 30.0 Å². The van der Waals surface area contributed by atoms with Gasteiger partial charge in [-0.2, -0.15) is 29.2 Å². The zero-order chi connectivity index (χ0) is 35.8. The van der Waals surface area contributed by atoms with Crippen LogP contribution in [-0.2, 0) is 19.5 Å². The Kier molecular flexibility index (Phi) is 9.32. The Balaban J connectivity index is 1.06. The molecule has 0 bridgehead atoms. The number of hydrogen-bond acceptors (Lipinski definition) is 12. The molecule has 2 N–H and O–H groups in total. The summed E-state index contributed by atoms with van der Waals surface area (Å²) in [7, 11) is 0. The van der Waals surface area contributed by atoms with Gasteiger partial charge in [0.15, 0.2) is 21.6 Å². The summed E-state index contributed by atoms with van der Waals surface area (Å²) in [6, 6.07) is 16.6. The van der Waals surface area contributed by atoms with Gasteiger partial charge >= 0.3 is 0 Å². The Bertz CT molecular complexity index is 2560. The quantitative estimate of drug-likeness (QED) is 0.119. The van der Waals surface area contributed by atoms with Gasteiger partial charge in [0.2, 0.25) is 11.9 Å². The fourth-order valence-electron chi connectivity index (χ4n) is 6.66. The van der Waals surface area contributed by atoms with Gasteiger partial charge in [-0.25, -0.2) is 9.97 Å². The molecule has 52 heavy (non-hydrogen) atoms. The highest BCUT2D eigenvalue weighted by Gasteiger charge is 2.20. The Labute approximate surface area is 309 Å². The molecule has 262 valence electrons. The van der Waals surface area contributed by atoms with Gasteiger partial charge in [0, 0.05) is 53.6 Å². The Hall–Kier alpha value is -5.34. The third-order valence-corrected chi connectivity index (χ3v) is 10.5. The van der Waals surface area contributed by atoms with Crippen molar-refractivity contribution in [1.82, 2.24) is 49.1 Å². The van der Waals surface area contributed by atoms with Gasteiger partial charge in [-0.1, -0.05) is 80.7 Å². The molecule has 0 spiro atoms. The maximum atomic E-state index is 4.92. The molecule has 0 aliphatic rings. The van der Waals surface area contributed by atoms with Crippen LogP contribution >= 0.6 is 23.5 Å². The number of benzene rings is 2. The van der Waals surface area contributed by atoms with Gasteiger partial charge < -0.3 is 10.6 Å². The van der Waals surface area contributed by atoms with Crippen molar-refractivity contribution < 1.29 is 0 Å². The van der Waals surface area contributed by atoms with E-state index in [1.54, 1.807) is 4.52 Å². The van der Waals surface area contributed by atoms with E-state index in [0.717, 1.165) is 61.8 Å². The summed E-state index contributed by atoms with van der Waals surface area (Å²) in [6.07, 6.45) is 14.3. The van der Waals surface area contributed by atoms with Crippen LogP contribution in [0.4, 0.5) is 11.9 Å². The van der Waals surface area contributed by atoms with E-state index in [9.17, 15) is 0 Å². The van der Waals surface area contributed by atoms with Crippen molar-refractivity contribution in [1.29, 1.82) is 0 Å². The van der Waals surface area contributed by atoms with Crippen LogP contribution in [0.3, 0.4) is 0 Å². The number of fused-ring (bicyclic) bond motifs is 4. The zero-order valence-electron chi connectivity index (χ0n) is 29.6. The summed E-state index contributed by atoms with van der Waals surface area (Å²) < 4.78 is 3.62. The topological polar surface area (TPSA) is 136 Å². The molecule has 12 nitrogen and oxygen atoms in total. The minimum atomic E-state index is 0.113. The average Bonchev–Trinajstić information content (AvgIpc) is 3.81. The molecule has 0 saturated carbocycles. The molecular formula is C38H38N12S2. The summed E-state index contributed by atoms with van der Waals surface area (Å²) in [5, 5.41) is 21.2. The molecule has 0 radical (unpaired) electrons. The highest BCUT2D eigenvalue weighted by molar-refractivity contribution is 7.98. The molecule has 2 aromatic carbocycles. The van der Waals surface area contributed by atoms with Crippen molar-refractivity contribution in [2.45, 2.75) is 62.4 Å². The first-order chi connectivity index (χ1) is 25.4. The fraction of sp³-hybridized carbons (Fsp3) is 0.263. The van der Waals surface area contributed by atoms with Crippen molar-refractivity contribution in [2.24, 2.45) is 0 Å². The second-order valence-corrected chi connectivity index (χ2v) is 14.6. The zero-order valence-corrected chi connectivity index (χ0v) is 31.2. The number of nitrogens with zero attached hydrogens (tertiary/aromatic N) is 10.